The maximum absolute atomic E-state index is 10.0. The number of benzene rings is 1. The SMILES string of the molecule is O=C/C(O)=C\Nc1ccccc1Cl. The lowest BCUT2D eigenvalue weighted by atomic mass is 10.3. The Kier molecular flexibility index (Phi) is 3.34. The molecule has 0 heterocycles. The topological polar surface area (TPSA) is 49.3 Å². The third-order valence-corrected chi connectivity index (χ3v) is 1.70. The summed E-state index contributed by atoms with van der Waals surface area (Å²) in [6.07, 6.45) is 1.51. The highest BCUT2D eigenvalue weighted by Crippen LogP contribution is 2.20. The van der Waals surface area contributed by atoms with Gasteiger partial charge in [-0.15, -0.1) is 0 Å². The van der Waals surface area contributed by atoms with E-state index in [1.165, 1.54) is 6.20 Å². The summed E-state index contributed by atoms with van der Waals surface area (Å²) < 4.78 is 0. The van der Waals surface area contributed by atoms with Crippen molar-refractivity contribution in [2.24, 2.45) is 0 Å². The van der Waals surface area contributed by atoms with Gasteiger partial charge in [0.05, 0.1) is 10.7 Å². The minimum absolute atomic E-state index is 0.337. The molecule has 0 aliphatic carbocycles. The predicted molar refractivity (Wildman–Crippen MR) is 51.9 cm³/mol. The third-order valence-electron chi connectivity index (χ3n) is 1.37. The summed E-state index contributed by atoms with van der Waals surface area (Å²) in [4.78, 5) is 10.0. The Hall–Kier alpha value is -1.48. The van der Waals surface area contributed by atoms with E-state index in [-0.39, 0.29) is 5.76 Å². The summed E-state index contributed by atoms with van der Waals surface area (Å²) in [6.45, 7) is 0. The second-order valence-corrected chi connectivity index (χ2v) is 2.72. The van der Waals surface area contributed by atoms with Crippen LogP contribution in [0.3, 0.4) is 0 Å². The molecule has 3 nitrogen and oxygen atoms in total. The maximum atomic E-state index is 10.0. The molecular formula is C9H8ClNO2. The summed E-state index contributed by atoms with van der Waals surface area (Å²) in [6, 6.07) is 7.02. The Morgan fingerprint density at radius 2 is 2.15 bits per heavy atom. The molecule has 0 aliphatic heterocycles. The van der Waals surface area contributed by atoms with E-state index in [1.807, 2.05) is 0 Å². The van der Waals surface area contributed by atoms with Crippen LogP contribution in [0.4, 0.5) is 5.69 Å². The second-order valence-electron chi connectivity index (χ2n) is 2.31. The van der Waals surface area contributed by atoms with Crippen molar-refractivity contribution in [3.63, 3.8) is 0 Å². The van der Waals surface area contributed by atoms with Crippen molar-refractivity contribution in [2.75, 3.05) is 5.32 Å². The first-order chi connectivity index (χ1) is 6.24. The van der Waals surface area contributed by atoms with Gasteiger partial charge in [0, 0.05) is 6.20 Å². The zero-order chi connectivity index (χ0) is 9.68. The molecule has 68 valence electrons. The van der Waals surface area contributed by atoms with Crippen LogP contribution in [-0.4, -0.2) is 11.4 Å². The van der Waals surface area contributed by atoms with E-state index in [0.717, 1.165) is 0 Å². The second kappa shape index (κ2) is 4.52. The number of anilines is 1. The van der Waals surface area contributed by atoms with Crippen molar-refractivity contribution in [3.8, 4) is 0 Å². The van der Waals surface area contributed by atoms with Gasteiger partial charge in [0.15, 0.2) is 12.0 Å². The number of carbonyl (C=O) groups excluding carboxylic acids is 1. The Morgan fingerprint density at radius 3 is 2.77 bits per heavy atom. The van der Waals surface area contributed by atoms with E-state index < -0.39 is 0 Å². The minimum atomic E-state index is -0.375. The number of para-hydroxylation sites is 1. The highest BCUT2D eigenvalue weighted by Gasteiger charge is 1.95. The lowest BCUT2D eigenvalue weighted by Crippen LogP contribution is -1.92. The van der Waals surface area contributed by atoms with Crippen molar-refractivity contribution in [1.82, 2.24) is 0 Å². The quantitative estimate of drug-likeness (QED) is 0.444. The van der Waals surface area contributed by atoms with Gasteiger partial charge in [0.1, 0.15) is 0 Å². The van der Waals surface area contributed by atoms with Crippen LogP contribution in [0, 0.1) is 0 Å². The van der Waals surface area contributed by atoms with Crippen molar-refractivity contribution < 1.29 is 9.90 Å². The normalized spacial score (nSPS) is 11.0. The molecule has 0 saturated carbocycles. The lowest BCUT2D eigenvalue weighted by Gasteiger charge is -2.01. The molecule has 0 bridgehead atoms. The highest BCUT2D eigenvalue weighted by atomic mass is 35.5. The van der Waals surface area contributed by atoms with Crippen LogP contribution in [0.5, 0.6) is 0 Å². The van der Waals surface area contributed by atoms with E-state index in [2.05, 4.69) is 5.32 Å². The molecule has 0 fully saturated rings. The summed E-state index contributed by atoms with van der Waals surface area (Å²) in [5.41, 5.74) is 0.637. The monoisotopic (exact) mass is 197 g/mol. The summed E-state index contributed by atoms with van der Waals surface area (Å²) in [5.74, 6) is -0.375. The molecule has 0 saturated heterocycles. The Morgan fingerprint density at radius 1 is 1.46 bits per heavy atom. The summed E-state index contributed by atoms with van der Waals surface area (Å²) >= 11 is 5.79. The Labute approximate surface area is 80.6 Å². The number of hydrogen-bond acceptors (Lipinski definition) is 3. The van der Waals surface area contributed by atoms with Crippen molar-refractivity contribution in [3.05, 3.63) is 41.2 Å². The molecule has 4 heteroatoms. The standard InChI is InChI=1S/C9H8ClNO2/c10-8-3-1-2-4-9(8)11-5-7(13)6-12/h1-6,11,13H/b7-5+. The fourth-order valence-electron chi connectivity index (χ4n) is 0.764. The first-order valence-electron chi connectivity index (χ1n) is 3.59. The van der Waals surface area contributed by atoms with Crippen LogP contribution in [-0.2, 0) is 4.79 Å². The molecule has 0 unspecified atom stereocenters. The van der Waals surface area contributed by atoms with Crippen LogP contribution in [0.2, 0.25) is 5.02 Å². The molecule has 0 spiro atoms. The van der Waals surface area contributed by atoms with Gasteiger partial charge in [-0.2, -0.15) is 0 Å². The van der Waals surface area contributed by atoms with Gasteiger partial charge in [0.2, 0.25) is 0 Å². The highest BCUT2D eigenvalue weighted by molar-refractivity contribution is 6.33. The first kappa shape index (κ1) is 9.61. The average Bonchev–Trinajstić information content (AvgIpc) is 2.16. The largest absolute Gasteiger partial charge is 0.504 e. The van der Waals surface area contributed by atoms with Crippen LogP contribution in [0.15, 0.2) is 36.2 Å². The molecular weight excluding hydrogens is 190 g/mol. The average molecular weight is 198 g/mol. The van der Waals surface area contributed by atoms with Gasteiger partial charge >= 0.3 is 0 Å². The van der Waals surface area contributed by atoms with E-state index in [9.17, 15) is 4.79 Å². The number of carbonyl (C=O) groups is 1. The predicted octanol–water partition coefficient (Wildman–Crippen LogP) is 2.35. The number of hydrogen-bond donors (Lipinski definition) is 2. The summed E-state index contributed by atoms with van der Waals surface area (Å²) in [7, 11) is 0. The molecule has 1 aromatic rings. The molecule has 0 amide bonds. The molecule has 0 radical (unpaired) electrons. The van der Waals surface area contributed by atoms with Crippen molar-refractivity contribution >= 4 is 23.6 Å². The Bertz CT molecular complexity index is 336. The molecule has 1 rings (SSSR count). The van der Waals surface area contributed by atoms with Crippen LogP contribution in [0.1, 0.15) is 0 Å². The van der Waals surface area contributed by atoms with E-state index in [0.29, 0.717) is 17.0 Å². The van der Waals surface area contributed by atoms with Crippen LogP contribution in [0.25, 0.3) is 0 Å². The fourth-order valence-corrected chi connectivity index (χ4v) is 0.954. The van der Waals surface area contributed by atoms with E-state index >= 15 is 0 Å². The summed E-state index contributed by atoms with van der Waals surface area (Å²) in [5, 5.41) is 12.0. The number of aldehydes is 1. The molecule has 0 aliphatic rings. The third kappa shape index (κ3) is 2.80. The number of halogens is 1. The van der Waals surface area contributed by atoms with Crippen molar-refractivity contribution in [2.45, 2.75) is 0 Å². The molecule has 13 heavy (non-hydrogen) atoms. The van der Waals surface area contributed by atoms with Crippen LogP contribution < -0.4 is 5.32 Å². The smallest absolute Gasteiger partial charge is 0.185 e. The van der Waals surface area contributed by atoms with Crippen molar-refractivity contribution in [1.29, 1.82) is 0 Å². The van der Waals surface area contributed by atoms with Gasteiger partial charge < -0.3 is 10.4 Å². The van der Waals surface area contributed by atoms with Gasteiger partial charge in [0.25, 0.3) is 0 Å². The maximum Gasteiger partial charge on any atom is 0.185 e. The number of nitrogens with one attached hydrogen (secondary N) is 1. The molecule has 2 N–H and O–H groups in total. The van der Waals surface area contributed by atoms with Gasteiger partial charge in [-0.25, -0.2) is 0 Å². The molecule has 0 aromatic heterocycles. The molecule has 1 aromatic carbocycles. The zero-order valence-electron chi connectivity index (χ0n) is 6.70. The number of allylic oxidation sites excluding steroid dienone is 1. The number of rotatable bonds is 3. The van der Waals surface area contributed by atoms with Crippen LogP contribution >= 0.6 is 11.6 Å². The van der Waals surface area contributed by atoms with E-state index in [1.54, 1.807) is 24.3 Å². The molecule has 0 atom stereocenters. The minimum Gasteiger partial charge on any atom is -0.504 e. The first-order valence-corrected chi connectivity index (χ1v) is 3.97. The van der Waals surface area contributed by atoms with E-state index in [4.69, 9.17) is 16.7 Å². The van der Waals surface area contributed by atoms with Gasteiger partial charge in [-0.3, -0.25) is 4.79 Å². The van der Waals surface area contributed by atoms with Gasteiger partial charge in [-0.1, -0.05) is 23.7 Å². The fraction of sp³-hybridized carbons (Fsp3) is 0. The number of aliphatic hydroxyl groups is 1. The lowest BCUT2D eigenvalue weighted by molar-refractivity contribution is -0.106. The number of aliphatic hydroxyl groups excluding tert-OH is 1. The zero-order valence-corrected chi connectivity index (χ0v) is 7.45. The van der Waals surface area contributed by atoms with Gasteiger partial charge in [-0.05, 0) is 12.1 Å². The Balaban J connectivity index is 2.75.